The molecule has 3 aromatic rings. The number of benzene rings is 3. The van der Waals surface area contributed by atoms with Crippen LogP contribution in [0.3, 0.4) is 0 Å². The molecule has 146 valence electrons. The Morgan fingerprint density at radius 3 is 1.75 bits per heavy atom. The number of nitrogens with one attached hydrogen (secondary N) is 2. The van der Waals surface area contributed by atoms with E-state index < -0.39 is 20.0 Å². The maximum atomic E-state index is 12.5. The molecule has 0 aliphatic carbocycles. The van der Waals surface area contributed by atoms with Gasteiger partial charge in [-0.15, -0.1) is 0 Å². The largest absolute Gasteiger partial charge is 0.280 e. The molecule has 0 heterocycles. The molecule has 0 aliphatic rings. The summed E-state index contributed by atoms with van der Waals surface area (Å²) in [5, 5.41) is 0.272. The van der Waals surface area contributed by atoms with E-state index in [4.69, 9.17) is 11.6 Å². The minimum atomic E-state index is -3.86. The molecule has 0 bridgehead atoms. The number of hydrogen-bond donors (Lipinski definition) is 2. The van der Waals surface area contributed by atoms with Crippen LogP contribution in [0.5, 0.6) is 0 Å². The van der Waals surface area contributed by atoms with Crippen molar-refractivity contribution in [1.29, 1.82) is 0 Å². The Morgan fingerprint density at radius 1 is 0.679 bits per heavy atom. The molecular formula is C19H17ClN2O4S2. The van der Waals surface area contributed by atoms with Crippen molar-refractivity contribution in [1.82, 2.24) is 0 Å². The van der Waals surface area contributed by atoms with Crippen molar-refractivity contribution in [3.05, 3.63) is 83.4 Å². The lowest BCUT2D eigenvalue weighted by molar-refractivity contribution is 0.600. The quantitative estimate of drug-likeness (QED) is 0.604. The first kappa shape index (κ1) is 20.2. The van der Waals surface area contributed by atoms with E-state index in [1.807, 2.05) is 6.92 Å². The molecule has 0 amide bonds. The Morgan fingerprint density at radius 2 is 1.18 bits per heavy atom. The number of halogens is 1. The van der Waals surface area contributed by atoms with E-state index in [0.717, 1.165) is 5.56 Å². The molecule has 2 N–H and O–H groups in total. The van der Waals surface area contributed by atoms with Crippen molar-refractivity contribution in [3.63, 3.8) is 0 Å². The number of rotatable bonds is 6. The summed E-state index contributed by atoms with van der Waals surface area (Å²) in [5.74, 6) is 0. The van der Waals surface area contributed by atoms with E-state index in [1.165, 1.54) is 36.4 Å². The lowest BCUT2D eigenvalue weighted by Gasteiger charge is -2.11. The Labute approximate surface area is 169 Å². The van der Waals surface area contributed by atoms with Gasteiger partial charge in [0.05, 0.1) is 20.5 Å². The number of anilines is 2. The molecule has 0 fully saturated rings. The van der Waals surface area contributed by atoms with Crippen LogP contribution >= 0.6 is 11.6 Å². The molecule has 9 heteroatoms. The van der Waals surface area contributed by atoms with Gasteiger partial charge in [0, 0.05) is 5.69 Å². The predicted molar refractivity (Wildman–Crippen MR) is 111 cm³/mol. The van der Waals surface area contributed by atoms with Crippen molar-refractivity contribution < 1.29 is 16.8 Å². The highest BCUT2D eigenvalue weighted by Crippen LogP contribution is 2.25. The van der Waals surface area contributed by atoms with Gasteiger partial charge in [-0.25, -0.2) is 16.8 Å². The van der Waals surface area contributed by atoms with Crippen LogP contribution < -0.4 is 9.44 Å². The fourth-order valence-electron chi connectivity index (χ4n) is 2.38. The highest BCUT2D eigenvalue weighted by atomic mass is 35.5. The number of sulfonamides is 2. The summed E-state index contributed by atoms with van der Waals surface area (Å²) < 4.78 is 54.7. The molecule has 3 rings (SSSR count). The van der Waals surface area contributed by atoms with Crippen LogP contribution in [0, 0.1) is 6.92 Å². The van der Waals surface area contributed by atoms with Gasteiger partial charge in [-0.1, -0.05) is 41.4 Å². The summed E-state index contributed by atoms with van der Waals surface area (Å²) in [7, 11) is -7.63. The summed E-state index contributed by atoms with van der Waals surface area (Å²) in [4.78, 5) is 0.0980. The number of aryl methyl sites for hydroxylation is 1. The minimum absolute atomic E-state index is 0.0225. The van der Waals surface area contributed by atoms with Gasteiger partial charge in [-0.05, 0) is 55.5 Å². The number of para-hydroxylation sites is 1. The van der Waals surface area contributed by atoms with Crippen LogP contribution in [-0.4, -0.2) is 16.8 Å². The molecule has 0 spiro atoms. The molecule has 0 aromatic heterocycles. The van der Waals surface area contributed by atoms with Gasteiger partial charge in [0.1, 0.15) is 0 Å². The maximum absolute atomic E-state index is 12.5. The Balaban J connectivity index is 1.79. The summed E-state index contributed by atoms with van der Waals surface area (Å²) >= 11 is 5.98. The lowest BCUT2D eigenvalue weighted by Crippen LogP contribution is -2.14. The molecule has 0 atom stereocenters. The molecular weight excluding hydrogens is 420 g/mol. The maximum Gasteiger partial charge on any atom is 0.261 e. The lowest BCUT2D eigenvalue weighted by atomic mass is 10.2. The van der Waals surface area contributed by atoms with E-state index in [-0.39, 0.29) is 26.2 Å². The van der Waals surface area contributed by atoms with Gasteiger partial charge < -0.3 is 0 Å². The summed E-state index contributed by atoms with van der Waals surface area (Å²) in [6.07, 6.45) is 0. The Kier molecular flexibility index (Phi) is 5.64. The second-order valence-electron chi connectivity index (χ2n) is 6.03. The van der Waals surface area contributed by atoms with E-state index in [2.05, 4.69) is 9.44 Å². The summed E-state index contributed by atoms with van der Waals surface area (Å²) in [6.45, 7) is 1.86. The number of hydrogen-bond acceptors (Lipinski definition) is 4. The third-order valence-electron chi connectivity index (χ3n) is 3.87. The zero-order valence-electron chi connectivity index (χ0n) is 14.8. The highest BCUT2D eigenvalue weighted by molar-refractivity contribution is 7.93. The zero-order valence-corrected chi connectivity index (χ0v) is 17.1. The van der Waals surface area contributed by atoms with Crippen LogP contribution in [-0.2, 0) is 20.0 Å². The van der Waals surface area contributed by atoms with Crippen molar-refractivity contribution in [2.24, 2.45) is 0 Å². The van der Waals surface area contributed by atoms with Gasteiger partial charge >= 0.3 is 0 Å². The van der Waals surface area contributed by atoms with Crippen molar-refractivity contribution in [2.45, 2.75) is 16.7 Å². The van der Waals surface area contributed by atoms with Gasteiger partial charge in [0.15, 0.2) is 0 Å². The first-order valence-electron chi connectivity index (χ1n) is 8.14. The second-order valence-corrected chi connectivity index (χ2v) is 9.80. The topological polar surface area (TPSA) is 92.3 Å². The minimum Gasteiger partial charge on any atom is -0.280 e. The zero-order chi connectivity index (χ0) is 20.4. The second kappa shape index (κ2) is 7.83. The summed E-state index contributed by atoms with van der Waals surface area (Å²) in [6, 6.07) is 18.3. The molecule has 28 heavy (non-hydrogen) atoms. The Bertz CT molecular complexity index is 1190. The first-order chi connectivity index (χ1) is 13.2. The third kappa shape index (κ3) is 4.64. The molecule has 0 saturated carbocycles. The van der Waals surface area contributed by atoms with Crippen molar-refractivity contribution in [2.75, 3.05) is 9.44 Å². The fraction of sp³-hybridized carbons (Fsp3) is 0.0526. The van der Waals surface area contributed by atoms with E-state index >= 15 is 0 Å². The average Bonchev–Trinajstić information content (AvgIpc) is 2.64. The van der Waals surface area contributed by atoms with E-state index in [1.54, 1.807) is 36.4 Å². The van der Waals surface area contributed by atoms with Crippen LogP contribution in [0.15, 0.2) is 82.6 Å². The fourth-order valence-corrected chi connectivity index (χ4v) is 4.76. The van der Waals surface area contributed by atoms with Gasteiger partial charge in [-0.3, -0.25) is 9.44 Å². The molecule has 0 radical (unpaired) electrons. The van der Waals surface area contributed by atoms with Crippen LogP contribution in [0.2, 0.25) is 5.02 Å². The summed E-state index contributed by atoms with van der Waals surface area (Å²) in [5.41, 5.74) is 1.45. The van der Waals surface area contributed by atoms with Gasteiger partial charge in [-0.2, -0.15) is 0 Å². The average molecular weight is 437 g/mol. The molecule has 0 saturated heterocycles. The highest BCUT2D eigenvalue weighted by Gasteiger charge is 2.17. The van der Waals surface area contributed by atoms with E-state index in [9.17, 15) is 16.8 Å². The van der Waals surface area contributed by atoms with Crippen molar-refractivity contribution in [3.8, 4) is 0 Å². The monoisotopic (exact) mass is 436 g/mol. The van der Waals surface area contributed by atoms with Gasteiger partial charge in [0.25, 0.3) is 20.0 Å². The molecule has 6 nitrogen and oxygen atoms in total. The van der Waals surface area contributed by atoms with Crippen LogP contribution in [0.4, 0.5) is 11.4 Å². The normalized spacial score (nSPS) is 11.8. The SMILES string of the molecule is Cc1ccc(S(=O)(=O)Nc2ccc(S(=O)(=O)Nc3ccccc3Cl)cc2)cc1. The van der Waals surface area contributed by atoms with Crippen LogP contribution in [0.25, 0.3) is 0 Å². The predicted octanol–water partition coefficient (Wildman–Crippen LogP) is 4.25. The van der Waals surface area contributed by atoms with Gasteiger partial charge in [0.2, 0.25) is 0 Å². The van der Waals surface area contributed by atoms with Crippen LogP contribution in [0.1, 0.15) is 5.56 Å². The Hall–Kier alpha value is -2.55. The first-order valence-corrected chi connectivity index (χ1v) is 11.5. The molecule has 0 unspecified atom stereocenters. The smallest absolute Gasteiger partial charge is 0.261 e. The van der Waals surface area contributed by atoms with E-state index in [0.29, 0.717) is 0 Å². The molecule has 0 aliphatic heterocycles. The molecule has 3 aromatic carbocycles. The van der Waals surface area contributed by atoms with Crippen molar-refractivity contribution >= 4 is 43.0 Å². The standard InChI is InChI=1S/C19H17ClN2O4S2/c1-14-6-10-16(11-7-14)27(23,24)21-15-8-12-17(13-9-15)28(25,26)22-19-5-3-2-4-18(19)20/h2-13,21-22H,1H3. The third-order valence-corrected chi connectivity index (χ3v) is 6.97.